The lowest BCUT2D eigenvalue weighted by Gasteiger charge is -2.39. The van der Waals surface area contributed by atoms with Crippen molar-refractivity contribution in [2.45, 2.75) is 51.8 Å². The van der Waals surface area contributed by atoms with Crippen LogP contribution < -0.4 is 10.5 Å². The monoisotopic (exact) mass is 310 g/mol. The zero-order chi connectivity index (χ0) is 15.7. The van der Waals surface area contributed by atoms with E-state index in [0.717, 1.165) is 23.6 Å². The van der Waals surface area contributed by atoms with Crippen LogP contribution in [0.2, 0.25) is 0 Å². The fourth-order valence-electron chi connectivity index (χ4n) is 3.62. The normalized spacial score (nSPS) is 25.5. The number of primary sulfonamides is 1. The van der Waals surface area contributed by atoms with Gasteiger partial charge in [-0.3, -0.25) is 0 Å². The summed E-state index contributed by atoms with van der Waals surface area (Å²) in [6, 6.07) is 8.00. The van der Waals surface area contributed by atoms with Crippen LogP contribution in [0.15, 0.2) is 24.3 Å². The second kappa shape index (κ2) is 5.97. The largest absolute Gasteiger partial charge is 0.382 e. The number of sulfonamides is 1. The van der Waals surface area contributed by atoms with Crippen molar-refractivity contribution in [2.24, 2.45) is 16.5 Å². The molecule has 118 valence electrons. The number of benzene rings is 1. The molecule has 0 saturated heterocycles. The minimum absolute atomic E-state index is 0.110. The van der Waals surface area contributed by atoms with E-state index < -0.39 is 10.0 Å². The van der Waals surface area contributed by atoms with E-state index in [0.29, 0.717) is 11.5 Å². The van der Waals surface area contributed by atoms with Crippen molar-refractivity contribution in [3.8, 4) is 0 Å². The van der Waals surface area contributed by atoms with Gasteiger partial charge in [0.1, 0.15) is 0 Å². The van der Waals surface area contributed by atoms with Crippen LogP contribution in [0.5, 0.6) is 0 Å². The Bertz CT molecular complexity index is 579. The number of nitrogens with one attached hydrogen (secondary N) is 1. The molecule has 0 bridgehead atoms. The summed E-state index contributed by atoms with van der Waals surface area (Å²) in [5, 5.41) is 8.63. The van der Waals surface area contributed by atoms with Crippen LogP contribution in [0.1, 0.15) is 45.6 Å². The zero-order valence-corrected chi connectivity index (χ0v) is 13.9. The van der Waals surface area contributed by atoms with Gasteiger partial charge in [0.25, 0.3) is 0 Å². The Hall–Kier alpha value is -1.07. The molecule has 0 amide bonds. The van der Waals surface area contributed by atoms with Gasteiger partial charge in [0.15, 0.2) is 0 Å². The van der Waals surface area contributed by atoms with E-state index in [1.165, 1.54) is 12.8 Å². The predicted octanol–water partition coefficient (Wildman–Crippen LogP) is 3.10. The third-order valence-corrected chi connectivity index (χ3v) is 4.82. The quantitative estimate of drug-likeness (QED) is 0.897. The summed E-state index contributed by atoms with van der Waals surface area (Å²) in [7, 11) is -3.46. The molecule has 5 heteroatoms. The minimum atomic E-state index is -3.46. The molecule has 1 aliphatic carbocycles. The molecule has 2 rings (SSSR count). The molecule has 1 aliphatic rings. The van der Waals surface area contributed by atoms with Crippen molar-refractivity contribution in [1.29, 1.82) is 0 Å². The van der Waals surface area contributed by atoms with Gasteiger partial charge in [-0.25, -0.2) is 13.6 Å². The summed E-state index contributed by atoms with van der Waals surface area (Å²) in [6.07, 6.45) is 3.62. The number of hydrogen-bond donors (Lipinski definition) is 2. The van der Waals surface area contributed by atoms with Crippen LogP contribution in [0, 0.1) is 11.3 Å². The summed E-state index contributed by atoms with van der Waals surface area (Å²) in [5.74, 6) is 0.619. The van der Waals surface area contributed by atoms with E-state index in [4.69, 9.17) is 5.14 Å². The molecule has 0 aliphatic heterocycles. The molecule has 0 radical (unpaired) electrons. The summed E-state index contributed by atoms with van der Waals surface area (Å²) < 4.78 is 22.1. The van der Waals surface area contributed by atoms with Gasteiger partial charge in [0.2, 0.25) is 10.0 Å². The molecule has 21 heavy (non-hydrogen) atoms. The van der Waals surface area contributed by atoms with E-state index in [9.17, 15) is 8.42 Å². The number of nitrogens with two attached hydrogens (primary N) is 1. The average molecular weight is 310 g/mol. The summed E-state index contributed by atoms with van der Waals surface area (Å²) >= 11 is 0. The molecule has 1 fully saturated rings. The molecule has 1 aromatic carbocycles. The topological polar surface area (TPSA) is 72.2 Å². The fraction of sp³-hybridized carbons (Fsp3) is 0.625. The first-order valence-corrected chi connectivity index (χ1v) is 9.20. The molecule has 3 N–H and O–H groups in total. The van der Waals surface area contributed by atoms with Gasteiger partial charge >= 0.3 is 0 Å². The number of rotatable bonds is 4. The smallest absolute Gasteiger partial charge is 0.213 e. The van der Waals surface area contributed by atoms with Crippen LogP contribution in [-0.2, 0) is 15.8 Å². The Morgan fingerprint density at radius 1 is 1.24 bits per heavy atom. The maximum atomic E-state index is 11.1. The number of anilines is 1. The van der Waals surface area contributed by atoms with Gasteiger partial charge < -0.3 is 5.32 Å². The Morgan fingerprint density at radius 2 is 1.86 bits per heavy atom. The van der Waals surface area contributed by atoms with Crippen molar-refractivity contribution in [1.82, 2.24) is 0 Å². The van der Waals surface area contributed by atoms with Crippen LogP contribution in [0.25, 0.3) is 0 Å². The Labute approximate surface area is 128 Å². The predicted molar refractivity (Wildman–Crippen MR) is 87.5 cm³/mol. The lowest BCUT2D eigenvalue weighted by atomic mass is 9.70. The van der Waals surface area contributed by atoms with Gasteiger partial charge in [-0.15, -0.1) is 0 Å². The van der Waals surface area contributed by atoms with Crippen molar-refractivity contribution < 1.29 is 8.42 Å². The summed E-state index contributed by atoms with van der Waals surface area (Å²) in [4.78, 5) is 0. The summed E-state index contributed by atoms with van der Waals surface area (Å²) in [6.45, 7) is 6.96. The molecule has 1 saturated carbocycles. The highest BCUT2D eigenvalue weighted by Crippen LogP contribution is 2.39. The first kappa shape index (κ1) is 16.3. The third-order valence-electron chi connectivity index (χ3n) is 4.08. The fourth-order valence-corrected chi connectivity index (χ4v) is 4.28. The Morgan fingerprint density at radius 3 is 2.38 bits per heavy atom. The standard InChI is InChI=1S/C16H26N2O2S/c1-12-8-15(10-16(2,3)9-12)18-14-6-4-13(5-7-14)11-21(17,19)20/h4-7,12,15,18H,8-11H2,1-3H3,(H2,17,19,20). The molecule has 0 heterocycles. The highest BCUT2D eigenvalue weighted by molar-refractivity contribution is 7.88. The van der Waals surface area contributed by atoms with Crippen LogP contribution in [0.4, 0.5) is 5.69 Å². The van der Waals surface area contributed by atoms with Gasteiger partial charge in [-0.2, -0.15) is 0 Å². The molecule has 1 aromatic rings. The van der Waals surface area contributed by atoms with Gasteiger partial charge in [-0.1, -0.05) is 32.9 Å². The van der Waals surface area contributed by atoms with Crippen molar-refractivity contribution in [3.05, 3.63) is 29.8 Å². The Balaban J connectivity index is 2.00. The highest BCUT2D eigenvalue weighted by atomic mass is 32.2. The molecule has 0 aromatic heterocycles. The van der Waals surface area contributed by atoms with E-state index in [2.05, 4.69) is 26.1 Å². The molecular formula is C16H26N2O2S. The van der Waals surface area contributed by atoms with E-state index in [1.807, 2.05) is 24.3 Å². The van der Waals surface area contributed by atoms with Gasteiger partial charge in [-0.05, 0) is 48.3 Å². The van der Waals surface area contributed by atoms with Crippen LogP contribution >= 0.6 is 0 Å². The van der Waals surface area contributed by atoms with Gasteiger partial charge in [0.05, 0.1) is 5.75 Å². The van der Waals surface area contributed by atoms with Crippen LogP contribution in [-0.4, -0.2) is 14.5 Å². The number of hydrogen-bond acceptors (Lipinski definition) is 3. The van der Waals surface area contributed by atoms with E-state index in [1.54, 1.807) is 0 Å². The van der Waals surface area contributed by atoms with E-state index in [-0.39, 0.29) is 5.75 Å². The molecule has 2 unspecified atom stereocenters. The first-order chi connectivity index (χ1) is 9.63. The third kappa shape index (κ3) is 5.32. The first-order valence-electron chi connectivity index (χ1n) is 7.49. The zero-order valence-electron chi connectivity index (χ0n) is 13.1. The highest BCUT2D eigenvalue weighted by Gasteiger charge is 2.31. The SMILES string of the molecule is CC1CC(Nc2ccc(CS(N)(=O)=O)cc2)CC(C)(C)C1. The lowest BCUT2D eigenvalue weighted by molar-refractivity contribution is 0.178. The van der Waals surface area contributed by atoms with Crippen molar-refractivity contribution in [3.63, 3.8) is 0 Å². The second-order valence-corrected chi connectivity index (χ2v) is 8.87. The maximum absolute atomic E-state index is 11.1. The molecule has 0 spiro atoms. The average Bonchev–Trinajstić information content (AvgIpc) is 2.27. The minimum Gasteiger partial charge on any atom is -0.382 e. The lowest BCUT2D eigenvalue weighted by Crippen LogP contribution is -2.35. The van der Waals surface area contributed by atoms with E-state index >= 15 is 0 Å². The van der Waals surface area contributed by atoms with Crippen LogP contribution in [0.3, 0.4) is 0 Å². The summed E-state index contributed by atoms with van der Waals surface area (Å²) in [5.41, 5.74) is 2.14. The van der Waals surface area contributed by atoms with Gasteiger partial charge in [0, 0.05) is 11.7 Å². The van der Waals surface area contributed by atoms with Crippen molar-refractivity contribution in [2.75, 3.05) is 5.32 Å². The second-order valence-electron chi connectivity index (χ2n) is 7.26. The van der Waals surface area contributed by atoms with Crippen molar-refractivity contribution >= 4 is 15.7 Å². The Kier molecular flexibility index (Phi) is 4.63. The molecular weight excluding hydrogens is 284 g/mol. The molecule has 4 nitrogen and oxygen atoms in total. The molecule has 2 atom stereocenters. The maximum Gasteiger partial charge on any atom is 0.213 e.